The quantitative estimate of drug-likeness (QED) is 0.826. The minimum atomic E-state index is -0.330. The molecule has 0 spiro atoms. The minimum Gasteiger partial charge on any atom is -0.367 e. The summed E-state index contributed by atoms with van der Waals surface area (Å²) < 4.78 is 14.5. The molecule has 0 aromatic heterocycles. The number of hydrogen-bond acceptors (Lipinski definition) is 4. The molecule has 1 aromatic carbocycles. The fraction of sp³-hybridized carbons (Fsp3) is 0.611. The van der Waals surface area contributed by atoms with E-state index in [2.05, 4.69) is 22.0 Å². The largest absolute Gasteiger partial charge is 0.367 e. The third kappa shape index (κ3) is 3.87. The van der Waals surface area contributed by atoms with Crippen molar-refractivity contribution in [1.82, 2.24) is 10.2 Å². The lowest BCUT2D eigenvalue weighted by Gasteiger charge is -2.35. The fourth-order valence-corrected chi connectivity index (χ4v) is 3.33. The molecule has 1 aliphatic carbocycles. The zero-order valence-electron chi connectivity index (χ0n) is 14.3. The predicted molar refractivity (Wildman–Crippen MR) is 93.8 cm³/mol. The van der Waals surface area contributed by atoms with Crippen molar-refractivity contribution in [2.45, 2.75) is 25.8 Å². The number of nitrogens with one attached hydrogen (secondary N) is 1. The number of halogens is 1. The number of hydrogen-bond donors (Lipinski definition) is 2. The third-order valence-corrected chi connectivity index (χ3v) is 5.13. The van der Waals surface area contributed by atoms with E-state index in [-0.39, 0.29) is 17.8 Å². The van der Waals surface area contributed by atoms with Gasteiger partial charge in [-0.2, -0.15) is 0 Å². The second-order valence-corrected chi connectivity index (χ2v) is 6.74. The molecule has 1 unspecified atom stereocenters. The number of nitrogens with two attached hydrogens (primary N) is 1. The normalized spacial score (nSPS) is 20.0. The van der Waals surface area contributed by atoms with Gasteiger partial charge in [-0.1, -0.05) is 6.92 Å². The minimum absolute atomic E-state index is 0.00218. The highest BCUT2D eigenvalue weighted by atomic mass is 19.1. The van der Waals surface area contributed by atoms with E-state index in [0.717, 1.165) is 45.6 Å². The molecule has 132 valence electrons. The summed E-state index contributed by atoms with van der Waals surface area (Å²) in [5.74, 6) is -0.0835. The Morgan fingerprint density at radius 3 is 2.58 bits per heavy atom. The van der Waals surface area contributed by atoms with Crippen LogP contribution in [0, 0.1) is 11.7 Å². The summed E-state index contributed by atoms with van der Waals surface area (Å²) in [6.07, 6.45) is 2.22. The fourth-order valence-electron chi connectivity index (χ4n) is 3.33. The summed E-state index contributed by atoms with van der Waals surface area (Å²) in [6.45, 7) is 7.10. The van der Waals surface area contributed by atoms with E-state index < -0.39 is 0 Å². The Balaban J connectivity index is 1.64. The van der Waals surface area contributed by atoms with Crippen LogP contribution in [0.2, 0.25) is 0 Å². The van der Waals surface area contributed by atoms with Gasteiger partial charge in [0.25, 0.3) is 5.91 Å². The Bertz CT molecular complexity index is 582. The Labute approximate surface area is 143 Å². The first-order valence-corrected chi connectivity index (χ1v) is 8.90. The molecule has 3 N–H and O–H groups in total. The maximum Gasteiger partial charge on any atom is 0.251 e. The second-order valence-electron chi connectivity index (χ2n) is 6.74. The van der Waals surface area contributed by atoms with Crippen LogP contribution in [-0.4, -0.2) is 56.1 Å². The number of rotatable bonds is 6. The topological polar surface area (TPSA) is 61.6 Å². The lowest BCUT2D eigenvalue weighted by Crippen LogP contribution is -2.46. The Morgan fingerprint density at radius 1 is 1.33 bits per heavy atom. The first-order valence-electron chi connectivity index (χ1n) is 8.90. The van der Waals surface area contributed by atoms with Crippen molar-refractivity contribution in [2.75, 3.05) is 44.2 Å². The predicted octanol–water partition coefficient (Wildman–Crippen LogP) is 1.43. The van der Waals surface area contributed by atoms with Gasteiger partial charge in [-0.15, -0.1) is 0 Å². The van der Waals surface area contributed by atoms with Crippen molar-refractivity contribution < 1.29 is 9.18 Å². The SMILES string of the molecule is CCN1CCN(c2ccc(C(=O)NC(CN)C3CC3)cc2F)CC1. The molecule has 6 heteroatoms. The van der Waals surface area contributed by atoms with Gasteiger partial charge in [-0.05, 0) is 43.5 Å². The van der Waals surface area contributed by atoms with E-state index in [1.54, 1.807) is 12.1 Å². The van der Waals surface area contributed by atoms with Gasteiger partial charge >= 0.3 is 0 Å². The van der Waals surface area contributed by atoms with Crippen LogP contribution < -0.4 is 16.0 Å². The van der Waals surface area contributed by atoms with Crippen LogP contribution in [0.15, 0.2) is 18.2 Å². The molecule has 0 bridgehead atoms. The lowest BCUT2D eigenvalue weighted by atomic mass is 10.1. The van der Waals surface area contributed by atoms with Gasteiger partial charge in [0, 0.05) is 44.3 Å². The molecule has 1 aliphatic heterocycles. The maximum absolute atomic E-state index is 14.5. The second kappa shape index (κ2) is 7.49. The van der Waals surface area contributed by atoms with Crippen LogP contribution >= 0.6 is 0 Å². The number of likely N-dealkylation sites (N-methyl/N-ethyl adjacent to an activating group) is 1. The molecule has 2 fully saturated rings. The summed E-state index contributed by atoms with van der Waals surface area (Å²) >= 11 is 0. The van der Waals surface area contributed by atoms with Crippen LogP contribution in [0.5, 0.6) is 0 Å². The van der Waals surface area contributed by atoms with Gasteiger partial charge in [0.05, 0.1) is 5.69 Å². The third-order valence-electron chi connectivity index (χ3n) is 5.13. The van der Waals surface area contributed by atoms with Gasteiger partial charge in [0.2, 0.25) is 0 Å². The van der Waals surface area contributed by atoms with E-state index in [1.165, 1.54) is 6.07 Å². The van der Waals surface area contributed by atoms with Crippen molar-refractivity contribution in [3.05, 3.63) is 29.6 Å². The number of nitrogens with zero attached hydrogens (tertiary/aromatic N) is 2. The zero-order chi connectivity index (χ0) is 17.1. The van der Waals surface area contributed by atoms with Crippen molar-refractivity contribution in [2.24, 2.45) is 11.7 Å². The smallest absolute Gasteiger partial charge is 0.251 e. The van der Waals surface area contributed by atoms with Crippen LogP contribution in [0.1, 0.15) is 30.1 Å². The zero-order valence-corrected chi connectivity index (χ0v) is 14.3. The van der Waals surface area contributed by atoms with Crippen LogP contribution in [-0.2, 0) is 0 Å². The van der Waals surface area contributed by atoms with Crippen LogP contribution in [0.3, 0.4) is 0 Å². The first-order chi connectivity index (χ1) is 11.6. The molecular formula is C18H27FN4O. The number of carbonyl (C=O) groups is 1. The molecule has 1 amide bonds. The maximum atomic E-state index is 14.5. The summed E-state index contributed by atoms with van der Waals surface area (Å²) in [6, 6.07) is 4.78. The van der Waals surface area contributed by atoms with Gasteiger partial charge in [0.1, 0.15) is 5.82 Å². The standard InChI is InChI=1S/C18H27FN4O/c1-2-22-7-9-23(10-8-22)17-6-5-14(11-15(17)19)18(24)21-16(12-20)13-3-4-13/h5-6,11,13,16H,2-4,7-10,12,20H2,1H3,(H,21,24). The van der Waals surface area contributed by atoms with Crippen molar-refractivity contribution in [3.8, 4) is 0 Å². The average Bonchev–Trinajstić information content (AvgIpc) is 3.44. The summed E-state index contributed by atoms with van der Waals surface area (Å²) in [7, 11) is 0. The van der Waals surface area contributed by atoms with Crippen molar-refractivity contribution in [1.29, 1.82) is 0 Å². The van der Waals surface area contributed by atoms with Gasteiger partial charge in [0.15, 0.2) is 0 Å². The van der Waals surface area contributed by atoms with E-state index in [4.69, 9.17) is 5.73 Å². The molecule has 5 nitrogen and oxygen atoms in total. The molecule has 24 heavy (non-hydrogen) atoms. The van der Waals surface area contributed by atoms with Crippen molar-refractivity contribution >= 4 is 11.6 Å². The molecule has 1 saturated heterocycles. The number of carbonyl (C=O) groups excluding carboxylic acids is 1. The van der Waals surface area contributed by atoms with Crippen molar-refractivity contribution in [3.63, 3.8) is 0 Å². The summed E-state index contributed by atoms with van der Waals surface area (Å²) in [5.41, 5.74) is 6.66. The lowest BCUT2D eigenvalue weighted by molar-refractivity contribution is 0.0933. The highest BCUT2D eigenvalue weighted by molar-refractivity contribution is 5.94. The van der Waals surface area contributed by atoms with Gasteiger partial charge < -0.3 is 20.9 Å². The summed E-state index contributed by atoms with van der Waals surface area (Å²) in [5, 5.41) is 2.93. The van der Waals surface area contributed by atoms with Crippen LogP contribution in [0.25, 0.3) is 0 Å². The number of anilines is 1. The molecule has 1 atom stereocenters. The molecular weight excluding hydrogens is 307 g/mol. The van der Waals surface area contributed by atoms with E-state index in [0.29, 0.717) is 23.7 Å². The average molecular weight is 334 g/mol. The monoisotopic (exact) mass is 334 g/mol. The molecule has 3 rings (SSSR count). The Hall–Kier alpha value is -1.66. The molecule has 1 saturated carbocycles. The van der Waals surface area contributed by atoms with Gasteiger partial charge in [-0.25, -0.2) is 4.39 Å². The Morgan fingerprint density at radius 2 is 2.04 bits per heavy atom. The van der Waals surface area contributed by atoms with E-state index in [9.17, 15) is 9.18 Å². The van der Waals surface area contributed by atoms with E-state index in [1.807, 2.05) is 0 Å². The first kappa shape index (κ1) is 17.2. The van der Waals surface area contributed by atoms with Gasteiger partial charge in [-0.3, -0.25) is 4.79 Å². The number of amides is 1. The van der Waals surface area contributed by atoms with Crippen LogP contribution in [0.4, 0.5) is 10.1 Å². The molecule has 2 aliphatic rings. The summed E-state index contributed by atoms with van der Waals surface area (Å²) in [4.78, 5) is 16.7. The molecule has 1 aromatic rings. The Kier molecular flexibility index (Phi) is 5.36. The molecule has 0 radical (unpaired) electrons. The number of benzene rings is 1. The molecule has 1 heterocycles. The van der Waals surface area contributed by atoms with E-state index >= 15 is 0 Å². The highest BCUT2D eigenvalue weighted by Gasteiger charge is 2.31. The number of piperazine rings is 1. The highest BCUT2D eigenvalue weighted by Crippen LogP contribution is 2.32.